The van der Waals surface area contributed by atoms with E-state index in [1.165, 1.54) is 6.07 Å². The van der Waals surface area contributed by atoms with Crippen LogP contribution in [0.1, 0.15) is 10.4 Å². The second-order valence-electron chi connectivity index (χ2n) is 31.7. The highest BCUT2D eigenvalue weighted by molar-refractivity contribution is 6.12. The number of likely N-dealkylation sites (N-methyl/N-ethyl adjacent to an activating group) is 4. The smallest absolute Gasteiger partial charge is 0.259 e. The minimum Gasteiger partial charge on any atom is -1.00 e. The molecule has 0 radical (unpaired) electrons. The van der Waals surface area contributed by atoms with Crippen molar-refractivity contribution >= 4 is 100 Å². The molecule has 14 rings (SSSR count). The number of hydrogen-bond donors (Lipinski definition) is 6. The van der Waals surface area contributed by atoms with Crippen LogP contribution in [0.4, 0.5) is 51.2 Å². The maximum atomic E-state index is 13.0. The Balaban J connectivity index is 0.000000224. The number of carbonyl (C=O) groups is 1. The van der Waals surface area contributed by atoms with Crippen molar-refractivity contribution < 1.29 is 126 Å². The molecule has 0 atom stereocenters. The molecule has 0 aromatic heterocycles. The van der Waals surface area contributed by atoms with Crippen LogP contribution >= 0.6 is 0 Å². The van der Waals surface area contributed by atoms with Gasteiger partial charge in [-0.2, -0.15) is 0 Å². The van der Waals surface area contributed by atoms with E-state index in [0.717, 1.165) is 97.3 Å². The van der Waals surface area contributed by atoms with Crippen LogP contribution in [0.2, 0.25) is 0 Å². The third-order valence-corrected chi connectivity index (χ3v) is 19.3. The molecule has 1 amide bonds. The Hall–Kier alpha value is -12.3. The predicted octanol–water partition coefficient (Wildman–Crippen LogP) is 8.94. The van der Waals surface area contributed by atoms with Gasteiger partial charge in [0.15, 0.2) is 5.75 Å². The summed E-state index contributed by atoms with van der Waals surface area (Å²) < 4.78 is 37.9. The van der Waals surface area contributed by atoms with Crippen molar-refractivity contribution in [2.75, 3.05) is 162 Å². The number of para-hydroxylation sites is 5. The van der Waals surface area contributed by atoms with Gasteiger partial charge in [0.1, 0.15) is 163 Å². The summed E-state index contributed by atoms with van der Waals surface area (Å²) >= 11 is 0. The summed E-state index contributed by atoms with van der Waals surface area (Å²) in [5.74, 6) is 2.67. The zero-order valence-electron chi connectivity index (χ0n) is 70.7. The third-order valence-electron chi connectivity index (χ3n) is 19.3. The number of quaternary nitrogens is 4. The van der Waals surface area contributed by atoms with Gasteiger partial charge in [0.05, 0.1) is 96.4 Å². The first-order valence-electron chi connectivity index (χ1n) is 39.1. The molecule has 13 aromatic rings. The summed E-state index contributed by atoms with van der Waals surface area (Å²) in [7, 11) is 22.8. The maximum absolute atomic E-state index is 13.0. The predicted molar refractivity (Wildman–Crippen MR) is 470 cm³/mol. The van der Waals surface area contributed by atoms with Crippen LogP contribution in [-0.4, -0.2) is 206 Å². The molecule has 1 aliphatic heterocycles. The number of morpholine rings is 1. The van der Waals surface area contributed by atoms with E-state index in [2.05, 4.69) is 117 Å². The summed E-state index contributed by atoms with van der Waals surface area (Å²) in [4.78, 5) is 13.0. The fourth-order valence-electron chi connectivity index (χ4n) is 12.3. The standard InChI is InChI=1S/C28H28N4O3.C23H25N3O3.C22H25N3O3.C21H23N3O3.4ClH/c1-32(2,3)17-18-35-25-16-10-9-15-24(25)30-31-26-22-14-8-7-11-20(22)19-23(27(26)33)28(34)29-21-12-5-4-6-13-21;1-26(12-15-28-16-13-26)14-17-29-22-9-5-4-8-20(22)24-25-23-19-7-3-2-6-18(19)10-11-21(23)27;1-25(2,3)13-14-28-21-8-6-5-7-19(21)23-24-22-18-15-17(27-4)11-9-16(18)10-12-20(22)26;1-24(2,3)12-13-27-20-11-7-6-10-17(20)22-23-21-16-9-5-4-8-15(16)18(25)14-19(21)26;;;;/h4-16,19H,17-18H2,1-3H3,(H-,29,30,33,34);2-11H,12-17H2,1H3;5-12,15H,13-14H2,1-4H3;4-11,14H,12-13H2,1-3H3,(H-,22,25,26);4*1H. The average Bonchev–Trinajstić information content (AvgIpc) is 0.778. The van der Waals surface area contributed by atoms with Crippen molar-refractivity contribution in [3.05, 3.63) is 260 Å². The highest BCUT2D eigenvalue weighted by Crippen LogP contribution is 2.45. The van der Waals surface area contributed by atoms with Crippen LogP contribution in [0.25, 0.3) is 43.1 Å². The van der Waals surface area contributed by atoms with E-state index in [1.54, 1.807) is 55.6 Å². The molecule has 0 bridgehead atoms. The summed E-state index contributed by atoms with van der Waals surface area (Å²) in [6, 6.07) is 76.9. The van der Waals surface area contributed by atoms with Crippen LogP contribution in [0, 0.1) is 0 Å². The van der Waals surface area contributed by atoms with Crippen molar-refractivity contribution in [3.63, 3.8) is 0 Å². The third kappa shape index (κ3) is 28.4. The number of carbonyl (C=O) groups excluding carboxylic acids is 1. The van der Waals surface area contributed by atoms with E-state index in [1.807, 2.05) is 200 Å². The fraction of sp³-hybridized carbons (Fsp3) is 0.245. The molecule has 1 saturated heterocycles. The Kier molecular flexibility index (Phi) is 36.7. The maximum Gasteiger partial charge on any atom is 0.259 e. The lowest BCUT2D eigenvalue weighted by atomic mass is 10.0. The van der Waals surface area contributed by atoms with Crippen molar-refractivity contribution in [2.24, 2.45) is 40.9 Å². The molecular weight excluding hydrogens is 1640 g/mol. The van der Waals surface area contributed by atoms with Crippen molar-refractivity contribution in [1.82, 2.24) is 0 Å². The van der Waals surface area contributed by atoms with Crippen molar-refractivity contribution in [1.29, 1.82) is 0 Å². The molecule has 13 aromatic carbocycles. The minimum atomic E-state index is -0.431. The van der Waals surface area contributed by atoms with Gasteiger partial charge in [0, 0.05) is 38.7 Å². The van der Waals surface area contributed by atoms with Gasteiger partial charge in [-0.1, -0.05) is 158 Å². The first-order valence-corrected chi connectivity index (χ1v) is 39.1. The molecule has 29 heteroatoms. The highest BCUT2D eigenvalue weighted by Gasteiger charge is 2.26. The van der Waals surface area contributed by atoms with Crippen LogP contribution in [0.5, 0.6) is 57.5 Å². The average molecular weight is 1750 g/mol. The number of halogens is 4. The number of anilines is 1. The molecule has 123 heavy (non-hydrogen) atoms. The van der Waals surface area contributed by atoms with E-state index in [0.29, 0.717) is 117 Å². The molecule has 0 spiro atoms. The minimum absolute atomic E-state index is 0. The van der Waals surface area contributed by atoms with E-state index >= 15 is 0 Å². The lowest BCUT2D eigenvalue weighted by molar-refractivity contribution is -0.916. The molecule has 25 nitrogen and oxygen atoms in total. The van der Waals surface area contributed by atoms with Gasteiger partial charge in [-0.25, -0.2) is 0 Å². The number of hydrogen-bond acceptors (Lipinski definition) is 20. The SMILES string of the molecule is COc1ccc2ccc(O)c(N=Nc3ccccc3OCC[N+](C)(C)C)c2c1.C[N+](C)(C)CCOc1ccccc1N=Nc1c(O)c(C(=O)Nc2ccccc2)cc2ccccc12.C[N+](C)(C)CCOc1ccccc1N=Nc1c(O)cc(O)c2ccccc12.C[N+]1(CCOc2ccccc2N=Nc2c(O)ccc3ccccc23)CCOCC1.[Cl-].[Cl-].[Cl-].[Cl-]. The Morgan fingerprint density at radius 2 is 0.740 bits per heavy atom. The number of aromatic hydroxyl groups is 5. The van der Waals surface area contributed by atoms with Crippen molar-refractivity contribution in [2.45, 2.75) is 0 Å². The number of fused-ring (bicyclic) bond motifs is 4. The topological polar surface area (TPSA) is 285 Å². The Morgan fingerprint density at radius 1 is 0.374 bits per heavy atom. The van der Waals surface area contributed by atoms with E-state index in [-0.39, 0.29) is 89.6 Å². The molecule has 0 saturated carbocycles. The van der Waals surface area contributed by atoms with Gasteiger partial charge >= 0.3 is 0 Å². The summed E-state index contributed by atoms with van der Waals surface area (Å²) in [5, 5.41) is 95.7. The summed E-state index contributed by atoms with van der Waals surface area (Å²) in [6.45, 7) is 9.35. The molecule has 6 N–H and O–H groups in total. The van der Waals surface area contributed by atoms with Gasteiger partial charge in [0.2, 0.25) is 0 Å². The van der Waals surface area contributed by atoms with Crippen LogP contribution in [-0.2, 0) is 4.74 Å². The second-order valence-corrected chi connectivity index (χ2v) is 31.7. The Labute approximate surface area is 742 Å². The Morgan fingerprint density at radius 3 is 1.20 bits per heavy atom. The number of methoxy groups -OCH3 is 1. The molecule has 0 aliphatic carbocycles. The number of nitrogens with one attached hydrogen (secondary N) is 1. The van der Waals surface area contributed by atoms with Gasteiger partial charge < -0.3 is 127 Å². The summed E-state index contributed by atoms with van der Waals surface area (Å²) in [6.07, 6.45) is 0. The Bertz CT molecular complexity index is 5770. The van der Waals surface area contributed by atoms with Crippen LogP contribution in [0.3, 0.4) is 0 Å². The number of rotatable bonds is 27. The molecule has 1 fully saturated rings. The van der Waals surface area contributed by atoms with E-state index in [4.69, 9.17) is 28.4 Å². The van der Waals surface area contributed by atoms with Gasteiger partial charge in [-0.3, -0.25) is 4.79 Å². The normalized spacial score (nSPS) is 12.5. The van der Waals surface area contributed by atoms with Gasteiger partial charge in [-0.05, 0) is 107 Å². The van der Waals surface area contributed by atoms with Crippen molar-refractivity contribution in [3.8, 4) is 57.5 Å². The van der Waals surface area contributed by atoms with Gasteiger partial charge in [0.25, 0.3) is 5.91 Å². The lowest BCUT2D eigenvalue weighted by Gasteiger charge is -2.37. The zero-order valence-corrected chi connectivity index (χ0v) is 73.7. The summed E-state index contributed by atoms with van der Waals surface area (Å²) in [5.41, 5.74) is 4.52. The number of ether oxygens (including phenoxy) is 6. The molecule has 1 aliphatic rings. The number of phenols is 5. The first kappa shape index (κ1) is 97.8. The molecule has 0 unspecified atom stereocenters. The van der Waals surface area contributed by atoms with E-state index < -0.39 is 5.91 Å². The van der Waals surface area contributed by atoms with Gasteiger partial charge in [-0.15, -0.1) is 40.9 Å². The molecular formula is C94H105Cl4N13O12. The number of benzene rings is 13. The fourth-order valence-corrected chi connectivity index (χ4v) is 12.3. The largest absolute Gasteiger partial charge is 1.00 e. The molecule has 1 heterocycles. The number of nitrogens with zero attached hydrogens (tertiary/aromatic N) is 12. The van der Waals surface area contributed by atoms with Crippen LogP contribution < -0.4 is 78.6 Å². The van der Waals surface area contributed by atoms with Crippen LogP contribution in [0.15, 0.2) is 296 Å². The number of phenolic OH excluding ortho intramolecular Hbond substituents is 5. The van der Waals surface area contributed by atoms with E-state index in [9.17, 15) is 30.3 Å². The molecule has 646 valence electrons. The first-order chi connectivity index (χ1) is 57.2. The number of azo groups is 4. The second kappa shape index (κ2) is 46.1. The lowest BCUT2D eigenvalue weighted by Crippen LogP contribution is -3.00. The number of amides is 1. The zero-order chi connectivity index (χ0) is 84.5. The highest BCUT2D eigenvalue weighted by atomic mass is 35.5. The quantitative estimate of drug-likeness (QED) is 0.0208. The monoisotopic (exact) mass is 1750 g/mol.